The Kier molecular flexibility index (Phi) is 4.24. The molecule has 0 unspecified atom stereocenters. The van der Waals surface area contributed by atoms with E-state index >= 15 is 0 Å². The van der Waals surface area contributed by atoms with Gasteiger partial charge in [0.15, 0.2) is 11.5 Å². The summed E-state index contributed by atoms with van der Waals surface area (Å²) in [5, 5.41) is 3.50. The van der Waals surface area contributed by atoms with Crippen molar-refractivity contribution in [2.75, 3.05) is 23.6 Å². The van der Waals surface area contributed by atoms with E-state index in [9.17, 15) is 4.79 Å². The molecule has 0 aromatic heterocycles. The van der Waals surface area contributed by atoms with Crippen LogP contribution in [0.5, 0.6) is 17.2 Å². The summed E-state index contributed by atoms with van der Waals surface area (Å²) in [6, 6.07) is 20.9. The Hall–Kier alpha value is -3.67. The first-order valence-corrected chi connectivity index (χ1v) is 9.56. The van der Waals surface area contributed by atoms with Crippen LogP contribution < -0.4 is 24.4 Å². The SMILES string of the molecule is CCOc1ccc([C@@H]2Nc3ccccc3C(=O)N2c2ccc3c(c2)OCO3)cc1. The van der Waals surface area contributed by atoms with Gasteiger partial charge in [0, 0.05) is 11.8 Å². The second kappa shape index (κ2) is 7.05. The van der Waals surface area contributed by atoms with Gasteiger partial charge in [0.2, 0.25) is 6.79 Å². The van der Waals surface area contributed by atoms with Crippen LogP contribution in [-0.2, 0) is 0 Å². The molecule has 0 bridgehead atoms. The molecule has 29 heavy (non-hydrogen) atoms. The molecule has 146 valence electrons. The van der Waals surface area contributed by atoms with Gasteiger partial charge in [-0.1, -0.05) is 24.3 Å². The largest absolute Gasteiger partial charge is 0.494 e. The van der Waals surface area contributed by atoms with E-state index in [2.05, 4.69) is 5.32 Å². The van der Waals surface area contributed by atoms with Crippen LogP contribution in [0.2, 0.25) is 0 Å². The van der Waals surface area contributed by atoms with Crippen molar-refractivity contribution >= 4 is 17.3 Å². The minimum absolute atomic E-state index is 0.0721. The van der Waals surface area contributed by atoms with Crippen molar-refractivity contribution in [3.63, 3.8) is 0 Å². The Morgan fingerprint density at radius 2 is 1.83 bits per heavy atom. The maximum atomic E-state index is 13.5. The number of hydrogen-bond donors (Lipinski definition) is 1. The summed E-state index contributed by atoms with van der Waals surface area (Å²) in [4.78, 5) is 15.2. The van der Waals surface area contributed by atoms with Crippen LogP contribution in [0.25, 0.3) is 0 Å². The summed E-state index contributed by atoms with van der Waals surface area (Å²) in [6.07, 6.45) is -0.367. The van der Waals surface area contributed by atoms with Crippen molar-refractivity contribution in [2.24, 2.45) is 0 Å². The number of para-hydroxylation sites is 1. The van der Waals surface area contributed by atoms with Gasteiger partial charge in [-0.15, -0.1) is 0 Å². The number of amides is 1. The number of hydrogen-bond acceptors (Lipinski definition) is 5. The van der Waals surface area contributed by atoms with Gasteiger partial charge in [-0.3, -0.25) is 9.69 Å². The number of carbonyl (C=O) groups is 1. The van der Waals surface area contributed by atoms with E-state index in [0.717, 1.165) is 22.7 Å². The first-order chi connectivity index (χ1) is 14.2. The third kappa shape index (κ3) is 3.02. The highest BCUT2D eigenvalue weighted by Gasteiger charge is 2.34. The molecule has 6 heteroatoms. The lowest BCUT2D eigenvalue weighted by molar-refractivity contribution is 0.0975. The van der Waals surface area contributed by atoms with E-state index in [1.165, 1.54) is 0 Å². The molecule has 0 saturated carbocycles. The number of rotatable bonds is 4. The predicted molar refractivity (Wildman–Crippen MR) is 110 cm³/mol. The zero-order valence-electron chi connectivity index (χ0n) is 15.9. The average Bonchev–Trinajstić information content (AvgIpc) is 3.22. The summed E-state index contributed by atoms with van der Waals surface area (Å²) in [5.41, 5.74) is 3.13. The Balaban J connectivity index is 1.59. The Morgan fingerprint density at radius 1 is 1.03 bits per heavy atom. The summed E-state index contributed by atoms with van der Waals surface area (Å²) in [7, 11) is 0. The molecule has 3 aromatic carbocycles. The highest BCUT2D eigenvalue weighted by atomic mass is 16.7. The molecule has 0 radical (unpaired) electrons. The maximum absolute atomic E-state index is 13.5. The topological polar surface area (TPSA) is 60.0 Å². The van der Waals surface area contributed by atoms with Gasteiger partial charge in [-0.25, -0.2) is 0 Å². The predicted octanol–water partition coefficient (Wildman–Crippen LogP) is 4.59. The molecule has 6 nitrogen and oxygen atoms in total. The fourth-order valence-electron chi connectivity index (χ4n) is 3.70. The van der Waals surface area contributed by atoms with Gasteiger partial charge in [0.05, 0.1) is 17.9 Å². The summed E-state index contributed by atoms with van der Waals surface area (Å²) >= 11 is 0. The molecular formula is C23H20N2O4. The van der Waals surface area contributed by atoms with Crippen molar-refractivity contribution in [2.45, 2.75) is 13.1 Å². The number of anilines is 2. The van der Waals surface area contributed by atoms with E-state index in [0.29, 0.717) is 23.7 Å². The van der Waals surface area contributed by atoms with Gasteiger partial charge in [0.25, 0.3) is 5.91 Å². The number of carbonyl (C=O) groups excluding carboxylic acids is 1. The van der Waals surface area contributed by atoms with E-state index in [1.54, 1.807) is 4.90 Å². The van der Waals surface area contributed by atoms with Crippen molar-refractivity contribution in [1.29, 1.82) is 0 Å². The molecule has 0 saturated heterocycles. The van der Waals surface area contributed by atoms with Crippen molar-refractivity contribution in [1.82, 2.24) is 0 Å². The van der Waals surface area contributed by atoms with Crippen LogP contribution in [0.15, 0.2) is 66.7 Å². The van der Waals surface area contributed by atoms with Crippen LogP contribution in [0.4, 0.5) is 11.4 Å². The van der Waals surface area contributed by atoms with Gasteiger partial charge in [-0.05, 0) is 48.9 Å². The molecule has 2 heterocycles. The smallest absolute Gasteiger partial charge is 0.262 e. The van der Waals surface area contributed by atoms with Crippen LogP contribution in [0, 0.1) is 0 Å². The molecule has 1 atom stereocenters. The lowest BCUT2D eigenvalue weighted by Crippen LogP contribution is -2.43. The monoisotopic (exact) mass is 388 g/mol. The number of fused-ring (bicyclic) bond motifs is 2. The minimum Gasteiger partial charge on any atom is -0.494 e. The van der Waals surface area contributed by atoms with Gasteiger partial charge < -0.3 is 19.5 Å². The second-order valence-electron chi connectivity index (χ2n) is 6.81. The lowest BCUT2D eigenvalue weighted by Gasteiger charge is -2.38. The molecule has 3 aromatic rings. The molecule has 5 rings (SSSR count). The Labute approximate surface area is 168 Å². The van der Waals surface area contributed by atoms with Crippen LogP contribution in [-0.4, -0.2) is 19.3 Å². The Morgan fingerprint density at radius 3 is 2.66 bits per heavy atom. The molecule has 0 fully saturated rings. The van der Waals surface area contributed by atoms with E-state index < -0.39 is 0 Å². The lowest BCUT2D eigenvalue weighted by atomic mass is 10.0. The molecule has 1 amide bonds. The molecule has 2 aliphatic rings. The van der Waals surface area contributed by atoms with E-state index in [-0.39, 0.29) is 18.9 Å². The third-order valence-corrected chi connectivity index (χ3v) is 5.07. The minimum atomic E-state index is -0.367. The van der Waals surface area contributed by atoms with Crippen LogP contribution >= 0.6 is 0 Å². The third-order valence-electron chi connectivity index (χ3n) is 5.07. The molecule has 2 aliphatic heterocycles. The number of benzene rings is 3. The molecule has 1 N–H and O–H groups in total. The maximum Gasteiger partial charge on any atom is 0.262 e. The Bertz CT molecular complexity index is 1060. The van der Waals surface area contributed by atoms with Crippen LogP contribution in [0.3, 0.4) is 0 Å². The summed E-state index contributed by atoms with van der Waals surface area (Å²) < 4.78 is 16.5. The fourth-order valence-corrected chi connectivity index (χ4v) is 3.70. The second-order valence-corrected chi connectivity index (χ2v) is 6.81. The first kappa shape index (κ1) is 17.4. The quantitative estimate of drug-likeness (QED) is 0.709. The van der Waals surface area contributed by atoms with E-state index in [1.807, 2.05) is 73.7 Å². The van der Waals surface area contributed by atoms with Crippen LogP contribution in [0.1, 0.15) is 29.0 Å². The van der Waals surface area contributed by atoms with Gasteiger partial charge >= 0.3 is 0 Å². The molecule has 0 aliphatic carbocycles. The fraction of sp³-hybridized carbons (Fsp3) is 0.174. The van der Waals surface area contributed by atoms with Crippen molar-refractivity contribution < 1.29 is 19.0 Å². The number of nitrogens with one attached hydrogen (secondary N) is 1. The van der Waals surface area contributed by atoms with E-state index in [4.69, 9.17) is 14.2 Å². The summed E-state index contributed by atoms with van der Waals surface area (Å²) in [6.45, 7) is 2.75. The number of ether oxygens (including phenoxy) is 3. The van der Waals surface area contributed by atoms with Crippen molar-refractivity contribution in [3.8, 4) is 17.2 Å². The first-order valence-electron chi connectivity index (χ1n) is 9.56. The molecular weight excluding hydrogens is 368 g/mol. The van der Waals surface area contributed by atoms with Gasteiger partial charge in [-0.2, -0.15) is 0 Å². The highest BCUT2D eigenvalue weighted by Crippen LogP contribution is 2.41. The average molecular weight is 388 g/mol. The summed E-state index contributed by atoms with van der Waals surface area (Å²) in [5.74, 6) is 2.05. The van der Waals surface area contributed by atoms with Crippen molar-refractivity contribution in [3.05, 3.63) is 77.9 Å². The zero-order chi connectivity index (χ0) is 19.8. The normalized spacial score (nSPS) is 16.9. The standard InChI is InChI=1S/C23H20N2O4/c1-2-27-17-10-7-15(8-11-17)22-24-19-6-4-3-5-18(19)23(26)25(22)16-9-12-20-21(13-16)29-14-28-20/h3-13,22,24H,2,14H2,1H3/t22-/m1/s1. The highest BCUT2D eigenvalue weighted by molar-refractivity contribution is 6.12. The van der Waals surface area contributed by atoms with Gasteiger partial charge in [0.1, 0.15) is 11.9 Å². The molecule has 0 spiro atoms. The number of nitrogens with zero attached hydrogens (tertiary/aromatic N) is 1. The zero-order valence-corrected chi connectivity index (χ0v) is 15.9.